The van der Waals surface area contributed by atoms with Gasteiger partial charge in [0.15, 0.2) is 0 Å². The summed E-state index contributed by atoms with van der Waals surface area (Å²) in [6.07, 6.45) is 2.49. The van der Waals surface area contributed by atoms with Gasteiger partial charge >= 0.3 is 0 Å². The fourth-order valence-corrected chi connectivity index (χ4v) is 4.06. The Bertz CT molecular complexity index is 845. The lowest BCUT2D eigenvalue weighted by Gasteiger charge is -2.35. The van der Waals surface area contributed by atoms with Gasteiger partial charge in [-0.25, -0.2) is 4.98 Å². The zero-order chi connectivity index (χ0) is 20.8. The molecule has 1 unspecified atom stereocenters. The molecule has 1 aromatic heterocycles. The molecule has 1 saturated heterocycles. The molecule has 0 bridgehead atoms. The number of methoxy groups -OCH3 is 1. The Hall–Kier alpha value is -1.89. The number of hydrogen-bond donors (Lipinski definition) is 1. The first kappa shape index (κ1) is 21.8. The second-order valence-electron chi connectivity index (χ2n) is 7.61. The minimum absolute atomic E-state index is 0.0936. The molecule has 3 rings (SSSR count). The Morgan fingerprint density at radius 3 is 2.97 bits per heavy atom. The van der Waals surface area contributed by atoms with Gasteiger partial charge in [0.1, 0.15) is 5.82 Å². The van der Waals surface area contributed by atoms with Crippen molar-refractivity contribution in [2.45, 2.75) is 32.7 Å². The van der Waals surface area contributed by atoms with E-state index in [0.717, 1.165) is 48.2 Å². The van der Waals surface area contributed by atoms with E-state index in [0.29, 0.717) is 31.1 Å². The van der Waals surface area contributed by atoms with Crippen molar-refractivity contribution in [2.75, 3.05) is 44.9 Å². The van der Waals surface area contributed by atoms with Crippen molar-refractivity contribution in [3.05, 3.63) is 34.9 Å². The Kier molecular flexibility index (Phi) is 7.70. The van der Waals surface area contributed by atoms with Gasteiger partial charge in [-0.05, 0) is 37.0 Å². The van der Waals surface area contributed by atoms with Crippen LogP contribution in [0.2, 0.25) is 5.02 Å². The average molecular weight is 420 g/mol. The summed E-state index contributed by atoms with van der Waals surface area (Å²) in [6, 6.07) is 7.81. The van der Waals surface area contributed by atoms with Crippen LogP contribution in [0.15, 0.2) is 24.3 Å². The van der Waals surface area contributed by atoms with Gasteiger partial charge < -0.3 is 19.6 Å². The molecule has 29 heavy (non-hydrogen) atoms. The second kappa shape index (κ2) is 10.2. The predicted octanol–water partition coefficient (Wildman–Crippen LogP) is 3.48. The highest BCUT2D eigenvalue weighted by atomic mass is 35.5. The quantitative estimate of drug-likeness (QED) is 0.709. The second-order valence-corrected chi connectivity index (χ2v) is 8.04. The van der Waals surface area contributed by atoms with E-state index in [1.54, 1.807) is 7.11 Å². The van der Waals surface area contributed by atoms with Crippen molar-refractivity contribution >= 4 is 34.2 Å². The maximum atomic E-state index is 12.5. The third-order valence-electron chi connectivity index (χ3n) is 5.49. The number of aliphatic hydroxyl groups excluding tert-OH is 1. The van der Waals surface area contributed by atoms with Gasteiger partial charge in [-0.15, -0.1) is 0 Å². The number of nitrogens with zero attached hydrogens (tertiary/aromatic N) is 3. The van der Waals surface area contributed by atoms with Gasteiger partial charge in [0.05, 0.1) is 12.1 Å². The molecule has 2 heterocycles. The maximum Gasteiger partial charge on any atom is 0.222 e. The average Bonchev–Trinajstić information content (AvgIpc) is 2.75. The first-order valence-corrected chi connectivity index (χ1v) is 10.6. The number of benzene rings is 1. The lowest BCUT2D eigenvalue weighted by atomic mass is 9.98. The molecule has 0 aliphatic carbocycles. The van der Waals surface area contributed by atoms with E-state index in [1.165, 1.54) is 0 Å². The number of fused-ring (bicyclic) bond motifs is 1. The number of amides is 1. The van der Waals surface area contributed by atoms with Gasteiger partial charge in [0.25, 0.3) is 0 Å². The number of pyridine rings is 1. The molecule has 7 heteroatoms. The van der Waals surface area contributed by atoms with Gasteiger partial charge in [-0.2, -0.15) is 0 Å². The van der Waals surface area contributed by atoms with Crippen LogP contribution in [0.5, 0.6) is 0 Å². The number of carbonyl (C=O) groups is 1. The summed E-state index contributed by atoms with van der Waals surface area (Å²) < 4.78 is 5.20. The zero-order valence-corrected chi connectivity index (χ0v) is 18.0. The minimum atomic E-state index is 0.0936. The van der Waals surface area contributed by atoms with E-state index in [-0.39, 0.29) is 18.4 Å². The summed E-state index contributed by atoms with van der Waals surface area (Å²) in [5.41, 5.74) is 1.85. The van der Waals surface area contributed by atoms with Crippen LogP contribution in [-0.2, 0) is 16.1 Å². The van der Waals surface area contributed by atoms with Crippen LogP contribution in [-0.4, -0.2) is 60.9 Å². The molecule has 0 radical (unpaired) electrons. The highest BCUT2D eigenvalue weighted by molar-refractivity contribution is 6.31. The van der Waals surface area contributed by atoms with E-state index in [1.807, 2.05) is 30.0 Å². The van der Waals surface area contributed by atoms with Gasteiger partial charge in [0, 0.05) is 62.3 Å². The fraction of sp³-hybridized carbons (Fsp3) is 0.545. The standard InChI is InChI=1S/C22H30ClN3O3/c1-3-21(28)25(9-10-29-2)14-18-11-17-6-7-19(23)12-20(17)24-22(18)26-8-4-5-16(13-26)15-27/h6-7,11-12,16,27H,3-5,8-10,13-15H2,1-2H3. The van der Waals surface area contributed by atoms with Crippen LogP contribution < -0.4 is 4.90 Å². The molecule has 0 saturated carbocycles. The highest BCUT2D eigenvalue weighted by Crippen LogP contribution is 2.30. The smallest absolute Gasteiger partial charge is 0.222 e. The van der Waals surface area contributed by atoms with E-state index in [9.17, 15) is 9.90 Å². The van der Waals surface area contributed by atoms with Gasteiger partial charge in [-0.1, -0.05) is 24.6 Å². The van der Waals surface area contributed by atoms with Crippen LogP contribution in [0.3, 0.4) is 0 Å². The van der Waals surface area contributed by atoms with Crippen molar-refractivity contribution in [2.24, 2.45) is 5.92 Å². The van der Waals surface area contributed by atoms with Crippen LogP contribution in [0.25, 0.3) is 10.9 Å². The molecular formula is C22H30ClN3O3. The maximum absolute atomic E-state index is 12.5. The number of aliphatic hydroxyl groups is 1. The molecule has 6 nitrogen and oxygen atoms in total. The molecule has 2 aromatic rings. The van der Waals surface area contributed by atoms with Crippen LogP contribution in [0.1, 0.15) is 31.7 Å². The molecule has 1 aliphatic heterocycles. The molecule has 1 aliphatic rings. The number of anilines is 1. The topological polar surface area (TPSA) is 65.9 Å². The normalized spacial score (nSPS) is 17.0. The number of carbonyl (C=O) groups excluding carboxylic acids is 1. The Labute approximate surface area is 177 Å². The van der Waals surface area contributed by atoms with E-state index >= 15 is 0 Å². The molecule has 1 aromatic carbocycles. The first-order chi connectivity index (χ1) is 14.0. The Morgan fingerprint density at radius 2 is 2.24 bits per heavy atom. The van der Waals surface area contributed by atoms with Crippen LogP contribution in [0.4, 0.5) is 5.82 Å². The third-order valence-corrected chi connectivity index (χ3v) is 5.73. The third kappa shape index (κ3) is 5.38. The van der Waals surface area contributed by atoms with Gasteiger partial charge in [-0.3, -0.25) is 4.79 Å². The monoisotopic (exact) mass is 419 g/mol. The zero-order valence-electron chi connectivity index (χ0n) is 17.2. The fourth-order valence-electron chi connectivity index (χ4n) is 3.89. The lowest BCUT2D eigenvalue weighted by Crippen LogP contribution is -2.39. The molecule has 158 valence electrons. The van der Waals surface area contributed by atoms with E-state index in [2.05, 4.69) is 11.0 Å². The van der Waals surface area contributed by atoms with E-state index in [4.69, 9.17) is 21.3 Å². The van der Waals surface area contributed by atoms with Crippen molar-refractivity contribution in [3.63, 3.8) is 0 Å². The van der Waals surface area contributed by atoms with Gasteiger partial charge in [0.2, 0.25) is 5.91 Å². The first-order valence-electron chi connectivity index (χ1n) is 10.3. The van der Waals surface area contributed by atoms with Crippen molar-refractivity contribution in [3.8, 4) is 0 Å². The SMILES string of the molecule is CCC(=O)N(CCOC)Cc1cc2ccc(Cl)cc2nc1N1CCCC(CO)C1. The van der Waals surface area contributed by atoms with Crippen molar-refractivity contribution < 1.29 is 14.6 Å². The van der Waals surface area contributed by atoms with Crippen molar-refractivity contribution in [1.29, 1.82) is 0 Å². The Morgan fingerprint density at radius 1 is 1.41 bits per heavy atom. The summed E-state index contributed by atoms with van der Waals surface area (Å²) in [5, 5.41) is 11.3. The number of hydrogen-bond acceptors (Lipinski definition) is 5. The molecule has 1 N–H and O–H groups in total. The minimum Gasteiger partial charge on any atom is -0.396 e. The largest absolute Gasteiger partial charge is 0.396 e. The number of halogens is 1. The number of ether oxygens (including phenoxy) is 1. The number of rotatable bonds is 8. The molecule has 1 atom stereocenters. The molecule has 0 spiro atoms. The number of piperidine rings is 1. The molecule has 1 fully saturated rings. The summed E-state index contributed by atoms with van der Waals surface area (Å²) in [5.74, 6) is 1.22. The lowest BCUT2D eigenvalue weighted by molar-refractivity contribution is -0.132. The highest BCUT2D eigenvalue weighted by Gasteiger charge is 2.24. The summed E-state index contributed by atoms with van der Waals surface area (Å²) in [7, 11) is 1.64. The van der Waals surface area contributed by atoms with E-state index < -0.39 is 0 Å². The summed E-state index contributed by atoms with van der Waals surface area (Å²) in [4.78, 5) is 21.5. The summed E-state index contributed by atoms with van der Waals surface area (Å²) in [6.45, 7) is 5.23. The van der Waals surface area contributed by atoms with Crippen molar-refractivity contribution in [1.82, 2.24) is 9.88 Å². The molecule has 1 amide bonds. The van der Waals surface area contributed by atoms with Crippen LogP contribution >= 0.6 is 11.6 Å². The summed E-state index contributed by atoms with van der Waals surface area (Å²) >= 11 is 6.19. The molecular weight excluding hydrogens is 390 g/mol. The van der Waals surface area contributed by atoms with Crippen LogP contribution in [0, 0.1) is 5.92 Å². The number of aromatic nitrogens is 1. The Balaban J connectivity index is 2.00. The predicted molar refractivity (Wildman–Crippen MR) is 116 cm³/mol.